The van der Waals surface area contributed by atoms with Crippen LogP contribution in [0.2, 0.25) is 4.34 Å². The Morgan fingerprint density at radius 3 is 2.76 bits per heavy atom. The maximum absolute atomic E-state index is 11.9. The summed E-state index contributed by atoms with van der Waals surface area (Å²) in [5.74, 6) is -0.325. The Morgan fingerprint density at radius 2 is 2.35 bits per heavy atom. The Kier molecular flexibility index (Phi) is 4.36. The fraction of sp³-hybridized carbons (Fsp3) is 0.400. The van der Waals surface area contributed by atoms with E-state index >= 15 is 0 Å². The van der Waals surface area contributed by atoms with Gasteiger partial charge in [-0.25, -0.2) is 0 Å². The molecule has 1 unspecified atom stereocenters. The lowest BCUT2D eigenvalue weighted by Crippen LogP contribution is -2.54. The molecule has 0 aliphatic rings. The van der Waals surface area contributed by atoms with Gasteiger partial charge in [0.1, 0.15) is 0 Å². The van der Waals surface area contributed by atoms with E-state index in [-0.39, 0.29) is 11.7 Å². The van der Waals surface area contributed by atoms with Gasteiger partial charge in [0.15, 0.2) is 5.84 Å². The average molecular weight is 276 g/mol. The zero-order valence-electron chi connectivity index (χ0n) is 9.53. The van der Waals surface area contributed by atoms with Gasteiger partial charge in [0.2, 0.25) is 0 Å². The Morgan fingerprint density at radius 1 is 1.71 bits per heavy atom. The van der Waals surface area contributed by atoms with E-state index in [1.165, 1.54) is 11.3 Å². The number of hydrogen-bond acceptors (Lipinski definition) is 4. The first-order valence-corrected chi connectivity index (χ1v) is 6.18. The van der Waals surface area contributed by atoms with Crippen LogP contribution in [0.15, 0.2) is 17.3 Å². The number of nitrogens with zero attached hydrogens (tertiary/aromatic N) is 1. The first-order valence-electron chi connectivity index (χ1n) is 4.98. The number of nitrogens with one attached hydrogen (secondary N) is 1. The lowest BCUT2D eigenvalue weighted by molar-refractivity contribution is 0.0929. The topological polar surface area (TPSA) is 87.7 Å². The molecule has 1 amide bonds. The van der Waals surface area contributed by atoms with E-state index in [9.17, 15) is 4.79 Å². The van der Waals surface area contributed by atoms with Gasteiger partial charge in [-0.3, -0.25) is 4.79 Å². The molecule has 0 aromatic carbocycles. The highest BCUT2D eigenvalue weighted by molar-refractivity contribution is 7.18. The number of carbonyl (C=O) groups excluding carboxylic acids is 1. The fourth-order valence-electron chi connectivity index (χ4n) is 1.19. The third-order valence-electron chi connectivity index (χ3n) is 2.57. The van der Waals surface area contributed by atoms with Gasteiger partial charge in [-0.15, -0.1) is 11.3 Å². The molecule has 0 bridgehead atoms. The van der Waals surface area contributed by atoms with Gasteiger partial charge in [0.05, 0.1) is 14.8 Å². The molecule has 0 aliphatic carbocycles. The molecule has 94 valence electrons. The quantitative estimate of drug-likeness (QED) is 0.340. The van der Waals surface area contributed by atoms with Crippen LogP contribution in [0.4, 0.5) is 0 Å². The van der Waals surface area contributed by atoms with Crippen LogP contribution in [-0.2, 0) is 0 Å². The Labute approximate surface area is 108 Å². The maximum atomic E-state index is 11.9. The first-order chi connectivity index (χ1) is 7.92. The molecule has 7 heteroatoms. The largest absolute Gasteiger partial charge is 0.409 e. The van der Waals surface area contributed by atoms with Crippen LogP contribution in [0.3, 0.4) is 0 Å². The molecular formula is C10H14ClN3O2S. The number of carbonyl (C=O) groups is 1. The van der Waals surface area contributed by atoms with Gasteiger partial charge in [0.25, 0.3) is 5.91 Å². The third kappa shape index (κ3) is 3.10. The summed E-state index contributed by atoms with van der Waals surface area (Å²) in [5, 5.41) is 14.3. The van der Waals surface area contributed by atoms with Crippen molar-refractivity contribution in [3.8, 4) is 0 Å². The Balaban J connectivity index is 2.86. The van der Waals surface area contributed by atoms with Crippen LogP contribution in [-0.4, -0.2) is 22.5 Å². The van der Waals surface area contributed by atoms with Crippen molar-refractivity contribution in [1.29, 1.82) is 0 Å². The molecule has 0 radical (unpaired) electrons. The molecule has 0 spiro atoms. The summed E-state index contributed by atoms with van der Waals surface area (Å²) in [6.07, 6.45) is 0.508. The van der Waals surface area contributed by atoms with Gasteiger partial charge in [-0.2, -0.15) is 0 Å². The molecule has 5 nitrogen and oxygen atoms in total. The highest BCUT2D eigenvalue weighted by atomic mass is 35.5. The van der Waals surface area contributed by atoms with E-state index in [1.54, 1.807) is 19.1 Å². The minimum Gasteiger partial charge on any atom is -0.409 e. The van der Waals surface area contributed by atoms with E-state index < -0.39 is 5.54 Å². The molecule has 1 heterocycles. The van der Waals surface area contributed by atoms with E-state index in [0.29, 0.717) is 15.6 Å². The molecule has 1 rings (SSSR count). The van der Waals surface area contributed by atoms with Crippen LogP contribution < -0.4 is 11.1 Å². The SMILES string of the molecule is CCC(C)(NC(=O)c1ccc(Cl)s1)/C(N)=N/O. The number of oxime groups is 1. The minimum absolute atomic E-state index is 0.0315. The summed E-state index contributed by atoms with van der Waals surface area (Å²) < 4.78 is 0.539. The van der Waals surface area contributed by atoms with Crippen LogP contribution in [0, 0.1) is 0 Å². The van der Waals surface area contributed by atoms with Crippen LogP contribution >= 0.6 is 22.9 Å². The van der Waals surface area contributed by atoms with E-state index in [4.69, 9.17) is 22.5 Å². The van der Waals surface area contributed by atoms with Gasteiger partial charge in [-0.1, -0.05) is 23.7 Å². The maximum Gasteiger partial charge on any atom is 0.262 e. The fourth-order valence-corrected chi connectivity index (χ4v) is 2.13. The second-order valence-corrected chi connectivity index (χ2v) is 5.44. The molecule has 1 aromatic heterocycles. The molecule has 1 atom stereocenters. The van der Waals surface area contributed by atoms with Gasteiger partial charge in [-0.05, 0) is 25.5 Å². The van der Waals surface area contributed by atoms with Crippen molar-refractivity contribution in [3.63, 3.8) is 0 Å². The summed E-state index contributed by atoms with van der Waals surface area (Å²) in [7, 11) is 0. The van der Waals surface area contributed by atoms with Crippen molar-refractivity contribution < 1.29 is 10.0 Å². The molecule has 17 heavy (non-hydrogen) atoms. The van der Waals surface area contributed by atoms with E-state index in [0.717, 1.165) is 0 Å². The minimum atomic E-state index is -0.873. The van der Waals surface area contributed by atoms with Crippen molar-refractivity contribution in [3.05, 3.63) is 21.3 Å². The predicted molar refractivity (Wildman–Crippen MR) is 68.9 cm³/mol. The molecule has 1 aromatic rings. The molecule has 0 saturated carbocycles. The number of halogens is 1. The molecule has 0 saturated heterocycles. The van der Waals surface area contributed by atoms with Gasteiger partial charge in [0, 0.05) is 0 Å². The monoisotopic (exact) mass is 275 g/mol. The van der Waals surface area contributed by atoms with Crippen molar-refractivity contribution >= 4 is 34.7 Å². The predicted octanol–water partition coefficient (Wildman–Crippen LogP) is 2.05. The highest BCUT2D eigenvalue weighted by Gasteiger charge is 2.30. The second-order valence-electron chi connectivity index (χ2n) is 3.73. The summed E-state index contributed by atoms with van der Waals surface area (Å²) in [6.45, 7) is 3.52. The molecular weight excluding hydrogens is 262 g/mol. The lowest BCUT2D eigenvalue weighted by atomic mass is 9.97. The third-order valence-corrected chi connectivity index (χ3v) is 3.80. The standard InChI is InChI=1S/C10H14ClN3O2S/c1-3-10(2,9(12)14-16)13-8(15)6-4-5-7(11)17-6/h4-5,16H,3H2,1-2H3,(H2,12,14)(H,13,15). The van der Waals surface area contributed by atoms with Crippen LogP contribution in [0.5, 0.6) is 0 Å². The van der Waals surface area contributed by atoms with E-state index in [1.807, 2.05) is 6.92 Å². The smallest absolute Gasteiger partial charge is 0.262 e. The van der Waals surface area contributed by atoms with Crippen molar-refractivity contribution in [1.82, 2.24) is 5.32 Å². The normalized spacial score (nSPS) is 15.4. The number of nitrogens with two attached hydrogens (primary N) is 1. The molecule has 0 aliphatic heterocycles. The van der Waals surface area contributed by atoms with Gasteiger partial charge >= 0.3 is 0 Å². The number of amidine groups is 1. The van der Waals surface area contributed by atoms with Crippen LogP contribution in [0.25, 0.3) is 0 Å². The van der Waals surface area contributed by atoms with Crippen LogP contribution in [0.1, 0.15) is 29.9 Å². The second kappa shape index (κ2) is 5.37. The highest BCUT2D eigenvalue weighted by Crippen LogP contribution is 2.22. The number of hydrogen-bond donors (Lipinski definition) is 3. The first kappa shape index (κ1) is 13.8. The number of thiophene rings is 1. The lowest BCUT2D eigenvalue weighted by Gasteiger charge is -2.27. The summed E-state index contributed by atoms with van der Waals surface area (Å²) >= 11 is 6.93. The average Bonchev–Trinajstić information content (AvgIpc) is 2.74. The summed E-state index contributed by atoms with van der Waals surface area (Å²) in [4.78, 5) is 12.4. The zero-order chi connectivity index (χ0) is 13.1. The van der Waals surface area contributed by atoms with Crippen molar-refractivity contribution in [2.75, 3.05) is 0 Å². The Bertz CT molecular complexity index is 447. The van der Waals surface area contributed by atoms with Crippen molar-refractivity contribution in [2.45, 2.75) is 25.8 Å². The molecule has 0 fully saturated rings. The van der Waals surface area contributed by atoms with E-state index in [2.05, 4.69) is 10.5 Å². The van der Waals surface area contributed by atoms with Crippen molar-refractivity contribution in [2.24, 2.45) is 10.9 Å². The summed E-state index contributed by atoms with van der Waals surface area (Å²) in [5.41, 5.74) is 4.68. The number of rotatable bonds is 4. The zero-order valence-corrected chi connectivity index (χ0v) is 11.1. The Hall–Kier alpha value is -1.27. The summed E-state index contributed by atoms with van der Waals surface area (Å²) in [6, 6.07) is 3.28. The van der Waals surface area contributed by atoms with Gasteiger partial charge < -0.3 is 16.3 Å². The molecule has 4 N–H and O–H groups in total. The number of amides is 1.